The maximum atomic E-state index is 9.35. The normalized spacial score (nSPS) is 10.5. The summed E-state index contributed by atoms with van der Waals surface area (Å²) in [5.74, 6) is 0.695. The standard InChI is InChI=1S/C16H14Cl2N2S/c1-9-10(2)13(7-19)16(20-11(9)3)21-8-12-4-5-14(17)15(18)6-12/h4-6H,8H2,1-3H3. The first-order valence-electron chi connectivity index (χ1n) is 6.38. The quantitative estimate of drug-likeness (QED) is 0.696. The third-order valence-corrected chi connectivity index (χ3v) is 5.22. The molecule has 1 aromatic carbocycles. The molecule has 21 heavy (non-hydrogen) atoms. The van der Waals surface area contributed by atoms with Crippen LogP contribution in [-0.4, -0.2) is 4.98 Å². The zero-order valence-electron chi connectivity index (χ0n) is 12.0. The Bertz CT molecular complexity index is 736. The molecule has 0 aliphatic heterocycles. The highest BCUT2D eigenvalue weighted by Crippen LogP contribution is 2.30. The molecule has 0 amide bonds. The molecule has 0 aliphatic carbocycles. The lowest BCUT2D eigenvalue weighted by atomic mass is 10.1. The maximum absolute atomic E-state index is 9.35. The minimum absolute atomic E-state index is 0.541. The van der Waals surface area contributed by atoms with Gasteiger partial charge in [-0.1, -0.05) is 29.3 Å². The van der Waals surface area contributed by atoms with E-state index < -0.39 is 0 Å². The Balaban J connectivity index is 2.28. The molecule has 0 atom stereocenters. The minimum Gasteiger partial charge on any atom is -0.245 e. The first-order chi connectivity index (χ1) is 9.93. The van der Waals surface area contributed by atoms with Crippen molar-refractivity contribution in [3.63, 3.8) is 0 Å². The van der Waals surface area contributed by atoms with Crippen molar-refractivity contribution in [2.45, 2.75) is 31.6 Å². The van der Waals surface area contributed by atoms with Crippen molar-refractivity contribution in [1.29, 1.82) is 5.26 Å². The van der Waals surface area contributed by atoms with Gasteiger partial charge in [-0.05, 0) is 49.6 Å². The Labute approximate surface area is 139 Å². The van der Waals surface area contributed by atoms with Crippen molar-refractivity contribution in [3.8, 4) is 6.07 Å². The van der Waals surface area contributed by atoms with Crippen LogP contribution in [0.15, 0.2) is 23.2 Å². The molecule has 1 aromatic heterocycles. The van der Waals surface area contributed by atoms with Gasteiger partial charge in [0, 0.05) is 11.4 Å². The van der Waals surface area contributed by atoms with Gasteiger partial charge in [-0.15, -0.1) is 11.8 Å². The third kappa shape index (κ3) is 3.52. The van der Waals surface area contributed by atoms with Gasteiger partial charge in [0.05, 0.1) is 15.6 Å². The van der Waals surface area contributed by atoms with E-state index in [9.17, 15) is 5.26 Å². The van der Waals surface area contributed by atoms with Crippen molar-refractivity contribution in [1.82, 2.24) is 4.98 Å². The summed E-state index contributed by atoms with van der Waals surface area (Å²) in [7, 11) is 0. The van der Waals surface area contributed by atoms with Gasteiger partial charge in [0.2, 0.25) is 0 Å². The van der Waals surface area contributed by atoms with Crippen LogP contribution in [0.1, 0.15) is 27.9 Å². The van der Waals surface area contributed by atoms with E-state index in [1.165, 1.54) is 0 Å². The van der Waals surface area contributed by atoms with E-state index in [4.69, 9.17) is 23.2 Å². The van der Waals surface area contributed by atoms with Crippen molar-refractivity contribution >= 4 is 35.0 Å². The molecule has 0 bridgehead atoms. The molecule has 1 heterocycles. The molecule has 0 saturated heterocycles. The van der Waals surface area contributed by atoms with Gasteiger partial charge < -0.3 is 0 Å². The van der Waals surface area contributed by atoms with Crippen molar-refractivity contribution in [3.05, 3.63) is 56.2 Å². The van der Waals surface area contributed by atoms with Crippen LogP contribution in [-0.2, 0) is 5.75 Å². The second-order valence-electron chi connectivity index (χ2n) is 4.78. The minimum atomic E-state index is 0.541. The zero-order valence-corrected chi connectivity index (χ0v) is 14.3. The summed E-state index contributed by atoms with van der Waals surface area (Å²) in [4.78, 5) is 4.54. The van der Waals surface area contributed by atoms with Crippen LogP contribution < -0.4 is 0 Å². The molecule has 0 N–H and O–H groups in total. The third-order valence-electron chi connectivity index (χ3n) is 3.43. The van der Waals surface area contributed by atoms with E-state index in [1.54, 1.807) is 17.8 Å². The van der Waals surface area contributed by atoms with Crippen molar-refractivity contribution < 1.29 is 0 Å². The van der Waals surface area contributed by atoms with E-state index in [0.29, 0.717) is 21.4 Å². The molecular weight excluding hydrogens is 323 g/mol. The Morgan fingerprint density at radius 1 is 1.14 bits per heavy atom. The van der Waals surface area contributed by atoms with Gasteiger partial charge in [-0.2, -0.15) is 5.26 Å². The molecule has 0 radical (unpaired) electrons. The average Bonchev–Trinajstić information content (AvgIpc) is 2.46. The van der Waals surface area contributed by atoms with E-state index in [0.717, 1.165) is 27.4 Å². The summed E-state index contributed by atoms with van der Waals surface area (Å²) >= 11 is 13.5. The number of benzene rings is 1. The van der Waals surface area contributed by atoms with Gasteiger partial charge in [0.15, 0.2) is 0 Å². The fourth-order valence-electron chi connectivity index (χ4n) is 1.93. The van der Waals surface area contributed by atoms with Gasteiger partial charge >= 0.3 is 0 Å². The molecule has 2 nitrogen and oxygen atoms in total. The topological polar surface area (TPSA) is 36.7 Å². The predicted molar refractivity (Wildman–Crippen MR) is 89.2 cm³/mol. The number of nitrogens with zero attached hydrogens (tertiary/aromatic N) is 2. The Morgan fingerprint density at radius 3 is 2.48 bits per heavy atom. The first-order valence-corrected chi connectivity index (χ1v) is 8.12. The molecule has 0 saturated carbocycles. The number of aromatic nitrogens is 1. The summed E-state index contributed by atoms with van der Waals surface area (Å²) in [5, 5.41) is 11.2. The number of hydrogen-bond donors (Lipinski definition) is 0. The molecule has 0 unspecified atom stereocenters. The van der Waals surface area contributed by atoms with Gasteiger partial charge in [0.25, 0.3) is 0 Å². The van der Waals surface area contributed by atoms with Crippen LogP contribution in [0.25, 0.3) is 0 Å². The average molecular weight is 337 g/mol. The van der Waals surface area contributed by atoms with Crippen LogP contribution in [0.2, 0.25) is 10.0 Å². The highest BCUT2D eigenvalue weighted by atomic mass is 35.5. The van der Waals surface area contributed by atoms with Crippen LogP contribution in [0.3, 0.4) is 0 Å². The lowest BCUT2D eigenvalue weighted by Crippen LogP contribution is -1.99. The van der Waals surface area contributed by atoms with E-state index in [-0.39, 0.29) is 0 Å². The van der Waals surface area contributed by atoms with Gasteiger partial charge in [-0.3, -0.25) is 0 Å². The molecule has 108 valence electrons. The molecule has 0 aliphatic rings. The fourth-order valence-corrected chi connectivity index (χ4v) is 3.28. The van der Waals surface area contributed by atoms with Gasteiger partial charge in [0.1, 0.15) is 11.1 Å². The summed E-state index contributed by atoms with van der Waals surface area (Å²) in [6.07, 6.45) is 0. The van der Waals surface area contributed by atoms with E-state index in [2.05, 4.69) is 11.1 Å². The number of halogens is 2. The summed E-state index contributed by atoms with van der Waals surface area (Å²) < 4.78 is 0. The Morgan fingerprint density at radius 2 is 1.86 bits per heavy atom. The van der Waals surface area contributed by atoms with Crippen molar-refractivity contribution in [2.75, 3.05) is 0 Å². The fraction of sp³-hybridized carbons (Fsp3) is 0.250. The van der Waals surface area contributed by atoms with Crippen LogP contribution in [0.5, 0.6) is 0 Å². The van der Waals surface area contributed by atoms with Crippen LogP contribution >= 0.6 is 35.0 Å². The van der Waals surface area contributed by atoms with Crippen LogP contribution in [0, 0.1) is 32.1 Å². The lowest BCUT2D eigenvalue weighted by molar-refractivity contribution is 0.998. The number of hydrogen-bond acceptors (Lipinski definition) is 3. The second-order valence-corrected chi connectivity index (χ2v) is 6.55. The highest BCUT2D eigenvalue weighted by Gasteiger charge is 2.13. The summed E-state index contributed by atoms with van der Waals surface area (Å²) in [6, 6.07) is 7.82. The predicted octanol–water partition coefficient (Wildman–Crippen LogP) is 5.48. The Hall–Kier alpha value is -1.21. The number of pyridine rings is 1. The molecular formula is C16H14Cl2N2S. The smallest absolute Gasteiger partial charge is 0.115 e. The van der Waals surface area contributed by atoms with Gasteiger partial charge in [-0.25, -0.2) is 4.98 Å². The Kier molecular flexibility index (Phi) is 5.16. The number of nitriles is 1. The molecule has 5 heteroatoms. The summed E-state index contributed by atoms with van der Waals surface area (Å²) in [5.41, 5.74) is 4.74. The lowest BCUT2D eigenvalue weighted by Gasteiger charge is -2.11. The maximum Gasteiger partial charge on any atom is 0.115 e. The monoisotopic (exact) mass is 336 g/mol. The number of rotatable bonds is 3. The molecule has 2 aromatic rings. The highest BCUT2D eigenvalue weighted by molar-refractivity contribution is 7.98. The molecule has 0 spiro atoms. The van der Waals surface area contributed by atoms with E-state index in [1.807, 2.05) is 32.9 Å². The zero-order chi connectivity index (χ0) is 15.6. The number of thioether (sulfide) groups is 1. The van der Waals surface area contributed by atoms with Crippen molar-refractivity contribution in [2.24, 2.45) is 0 Å². The first kappa shape index (κ1) is 16.2. The van der Waals surface area contributed by atoms with Crippen LogP contribution in [0.4, 0.5) is 0 Å². The summed E-state index contributed by atoms with van der Waals surface area (Å²) in [6.45, 7) is 5.92. The SMILES string of the molecule is Cc1nc(SCc2ccc(Cl)c(Cl)c2)c(C#N)c(C)c1C. The van der Waals surface area contributed by atoms with E-state index >= 15 is 0 Å². The second kappa shape index (κ2) is 6.70. The number of aryl methyl sites for hydroxylation is 1. The molecule has 0 fully saturated rings. The largest absolute Gasteiger partial charge is 0.245 e. The molecule has 2 rings (SSSR count).